The number of rotatable bonds is 9. The third kappa shape index (κ3) is 6.16. The average Bonchev–Trinajstić information content (AvgIpc) is 2.40. The van der Waals surface area contributed by atoms with Crippen LogP contribution in [0.5, 0.6) is 0 Å². The number of amides is 2. The summed E-state index contributed by atoms with van der Waals surface area (Å²) in [6, 6.07) is 0. The molecule has 19 heavy (non-hydrogen) atoms. The highest BCUT2D eigenvalue weighted by atomic mass is 16.3. The van der Waals surface area contributed by atoms with Crippen molar-refractivity contribution in [3.8, 4) is 0 Å². The molecule has 0 aliphatic carbocycles. The lowest BCUT2D eigenvalue weighted by Gasteiger charge is -2.24. The Morgan fingerprint density at radius 2 is 1.58 bits per heavy atom. The molecule has 1 heterocycles. The molecule has 0 spiro atoms. The minimum absolute atomic E-state index is 0.0256. The number of aliphatic hydroxyl groups is 2. The maximum atomic E-state index is 11.5. The Hall–Kier alpha value is -0.940. The van der Waals surface area contributed by atoms with Crippen molar-refractivity contribution in [2.24, 2.45) is 0 Å². The van der Waals surface area contributed by atoms with E-state index in [4.69, 9.17) is 10.2 Å². The smallest absolute Gasteiger partial charge is 0.229 e. The van der Waals surface area contributed by atoms with Crippen LogP contribution in [-0.4, -0.2) is 46.2 Å². The molecule has 1 atom stereocenters. The number of unbranched alkanes of at least 4 members (excludes halogenated alkanes) is 4. The van der Waals surface area contributed by atoms with Crippen LogP contribution in [0.1, 0.15) is 57.8 Å². The molecule has 0 saturated carbocycles. The van der Waals surface area contributed by atoms with Gasteiger partial charge in [0.15, 0.2) is 0 Å². The van der Waals surface area contributed by atoms with E-state index in [1.165, 1.54) is 4.90 Å². The fourth-order valence-corrected chi connectivity index (χ4v) is 2.32. The topological polar surface area (TPSA) is 77.8 Å². The van der Waals surface area contributed by atoms with Crippen LogP contribution < -0.4 is 0 Å². The summed E-state index contributed by atoms with van der Waals surface area (Å²) < 4.78 is 0. The van der Waals surface area contributed by atoms with Crippen LogP contribution in [0.2, 0.25) is 0 Å². The van der Waals surface area contributed by atoms with Crippen LogP contribution in [0.3, 0.4) is 0 Å². The van der Waals surface area contributed by atoms with Crippen LogP contribution in [0.4, 0.5) is 0 Å². The molecule has 1 aliphatic heterocycles. The van der Waals surface area contributed by atoms with E-state index in [2.05, 4.69) is 0 Å². The van der Waals surface area contributed by atoms with E-state index in [0.717, 1.165) is 32.1 Å². The molecule has 2 amide bonds. The fraction of sp³-hybridized carbons (Fsp3) is 0.857. The minimum Gasteiger partial charge on any atom is -0.394 e. The van der Waals surface area contributed by atoms with Gasteiger partial charge in [0.1, 0.15) is 0 Å². The maximum Gasteiger partial charge on any atom is 0.229 e. The van der Waals surface area contributed by atoms with Gasteiger partial charge in [-0.2, -0.15) is 0 Å². The van der Waals surface area contributed by atoms with Crippen LogP contribution in [0, 0.1) is 0 Å². The summed E-state index contributed by atoms with van der Waals surface area (Å²) in [6.45, 7) is 0.385. The molecule has 0 aromatic carbocycles. The van der Waals surface area contributed by atoms with E-state index >= 15 is 0 Å². The Labute approximate surface area is 114 Å². The lowest BCUT2D eigenvalue weighted by atomic mass is 10.1. The second-order valence-corrected chi connectivity index (χ2v) is 5.19. The number of carbonyl (C=O) groups is 2. The molecule has 110 valence electrons. The molecule has 2 N–H and O–H groups in total. The summed E-state index contributed by atoms with van der Waals surface area (Å²) in [7, 11) is 0. The molecule has 1 saturated heterocycles. The summed E-state index contributed by atoms with van der Waals surface area (Å²) in [6.07, 6.45) is 6.56. The van der Waals surface area contributed by atoms with E-state index in [-0.39, 0.29) is 18.4 Å². The Balaban J connectivity index is 2.01. The predicted molar refractivity (Wildman–Crippen MR) is 71.4 cm³/mol. The highest BCUT2D eigenvalue weighted by Crippen LogP contribution is 2.14. The quantitative estimate of drug-likeness (QED) is 0.488. The summed E-state index contributed by atoms with van der Waals surface area (Å²) in [4.78, 5) is 24.5. The summed E-state index contributed by atoms with van der Waals surface area (Å²) >= 11 is 0. The molecular weight excluding hydrogens is 246 g/mol. The van der Waals surface area contributed by atoms with Crippen LogP contribution >= 0.6 is 0 Å². The van der Waals surface area contributed by atoms with E-state index in [0.29, 0.717) is 32.2 Å². The number of piperidine rings is 1. The fourth-order valence-electron chi connectivity index (χ4n) is 2.32. The molecule has 0 aromatic heterocycles. The molecule has 0 bridgehead atoms. The Bertz CT molecular complexity index is 277. The standard InChI is InChI=1S/C14H25NO4/c16-11-12(17)7-4-2-1-3-5-10-15-13(18)8-6-9-14(15)19/h12,16-17H,1-11H2. The van der Waals surface area contributed by atoms with Gasteiger partial charge < -0.3 is 10.2 Å². The molecule has 1 unspecified atom stereocenters. The van der Waals surface area contributed by atoms with Crippen molar-refractivity contribution in [1.29, 1.82) is 0 Å². The van der Waals surface area contributed by atoms with E-state index in [1.54, 1.807) is 0 Å². The highest BCUT2D eigenvalue weighted by Gasteiger charge is 2.24. The third-order valence-electron chi connectivity index (χ3n) is 3.51. The van der Waals surface area contributed by atoms with E-state index < -0.39 is 6.10 Å². The van der Waals surface area contributed by atoms with Gasteiger partial charge in [0.25, 0.3) is 0 Å². The number of carbonyl (C=O) groups excluding carboxylic acids is 2. The molecule has 0 aromatic rings. The van der Waals surface area contributed by atoms with Crippen molar-refractivity contribution in [1.82, 2.24) is 4.90 Å². The Morgan fingerprint density at radius 1 is 1.00 bits per heavy atom. The largest absolute Gasteiger partial charge is 0.394 e. The SMILES string of the molecule is O=C1CCCC(=O)N1CCCCCCCC(O)CO. The zero-order valence-electron chi connectivity index (χ0n) is 11.5. The van der Waals surface area contributed by atoms with Crippen LogP contribution in [0.25, 0.3) is 0 Å². The number of hydrogen-bond donors (Lipinski definition) is 2. The van der Waals surface area contributed by atoms with Crippen molar-refractivity contribution in [3.05, 3.63) is 0 Å². The first-order valence-electron chi connectivity index (χ1n) is 7.27. The first-order chi connectivity index (χ1) is 9.15. The zero-order valence-corrected chi connectivity index (χ0v) is 11.5. The van der Waals surface area contributed by atoms with Crippen LogP contribution in [-0.2, 0) is 9.59 Å². The Morgan fingerprint density at radius 3 is 2.21 bits per heavy atom. The van der Waals surface area contributed by atoms with E-state index in [1.807, 2.05) is 0 Å². The zero-order chi connectivity index (χ0) is 14.1. The number of nitrogens with zero attached hydrogens (tertiary/aromatic N) is 1. The van der Waals surface area contributed by atoms with Gasteiger partial charge in [0.05, 0.1) is 12.7 Å². The van der Waals surface area contributed by atoms with Crippen molar-refractivity contribution >= 4 is 11.8 Å². The van der Waals surface area contributed by atoms with Gasteiger partial charge in [-0.3, -0.25) is 14.5 Å². The van der Waals surface area contributed by atoms with Crippen molar-refractivity contribution in [2.75, 3.05) is 13.2 Å². The molecule has 5 nitrogen and oxygen atoms in total. The van der Waals surface area contributed by atoms with E-state index in [9.17, 15) is 9.59 Å². The molecule has 1 aliphatic rings. The van der Waals surface area contributed by atoms with Gasteiger partial charge in [0.2, 0.25) is 11.8 Å². The van der Waals surface area contributed by atoms with Gasteiger partial charge in [-0.1, -0.05) is 25.7 Å². The lowest BCUT2D eigenvalue weighted by molar-refractivity contribution is -0.148. The van der Waals surface area contributed by atoms with Crippen molar-refractivity contribution in [2.45, 2.75) is 63.9 Å². The molecular formula is C14H25NO4. The second kappa shape index (κ2) is 9.04. The maximum absolute atomic E-state index is 11.5. The molecule has 5 heteroatoms. The molecule has 1 rings (SSSR count). The highest BCUT2D eigenvalue weighted by molar-refractivity contribution is 5.97. The summed E-state index contributed by atoms with van der Waals surface area (Å²) in [5.41, 5.74) is 0. The second-order valence-electron chi connectivity index (χ2n) is 5.19. The summed E-state index contributed by atoms with van der Waals surface area (Å²) in [5, 5.41) is 17.8. The number of aliphatic hydroxyl groups excluding tert-OH is 2. The van der Waals surface area contributed by atoms with Gasteiger partial charge in [-0.05, 0) is 19.3 Å². The number of imide groups is 1. The lowest BCUT2D eigenvalue weighted by Crippen LogP contribution is -2.40. The van der Waals surface area contributed by atoms with Gasteiger partial charge in [0, 0.05) is 19.4 Å². The van der Waals surface area contributed by atoms with Gasteiger partial charge >= 0.3 is 0 Å². The average molecular weight is 271 g/mol. The van der Waals surface area contributed by atoms with Crippen molar-refractivity contribution in [3.63, 3.8) is 0 Å². The number of likely N-dealkylation sites (tertiary alicyclic amines) is 1. The van der Waals surface area contributed by atoms with Gasteiger partial charge in [-0.15, -0.1) is 0 Å². The van der Waals surface area contributed by atoms with Crippen molar-refractivity contribution < 1.29 is 19.8 Å². The minimum atomic E-state index is -0.594. The third-order valence-corrected chi connectivity index (χ3v) is 3.51. The predicted octanol–water partition coefficient (Wildman–Crippen LogP) is 1.22. The monoisotopic (exact) mass is 271 g/mol. The Kier molecular flexibility index (Phi) is 7.67. The van der Waals surface area contributed by atoms with Crippen LogP contribution in [0.15, 0.2) is 0 Å². The van der Waals surface area contributed by atoms with Gasteiger partial charge in [-0.25, -0.2) is 0 Å². The summed E-state index contributed by atoms with van der Waals surface area (Å²) in [5.74, 6) is -0.0513. The molecule has 0 radical (unpaired) electrons. The molecule has 1 fully saturated rings. The normalized spacial score (nSPS) is 17.9. The first-order valence-corrected chi connectivity index (χ1v) is 7.27. The first kappa shape index (κ1) is 16.1. The number of hydrogen-bond acceptors (Lipinski definition) is 4.